The van der Waals surface area contributed by atoms with Crippen molar-refractivity contribution in [3.8, 4) is 63.1 Å². The molecule has 6 N–H and O–H groups in total. The fraction of sp³-hybridized carbons (Fsp3) is 0.0476. The second-order valence-electron chi connectivity index (χ2n) is 14.4. The number of hydrogen-bond acceptors (Lipinski definition) is 22. The van der Waals surface area contributed by atoms with E-state index in [0.717, 1.165) is 0 Å². The number of aromatic nitrogens is 20. The van der Waals surface area contributed by atoms with Crippen molar-refractivity contribution in [1.29, 1.82) is 10.5 Å². The first-order valence-corrected chi connectivity index (χ1v) is 20.4. The van der Waals surface area contributed by atoms with Gasteiger partial charge in [-0.15, -0.1) is 20.4 Å². The molecule has 2 aromatic carbocycles. The Bertz CT molecular complexity index is 3780. The third-order valence-electron chi connectivity index (χ3n) is 10.0. The highest BCUT2D eigenvalue weighted by Crippen LogP contribution is 2.35. The molecule has 0 spiro atoms. The molecule has 0 aliphatic carbocycles. The number of nitrogens with zero attached hydrogens (tertiary/aromatic N) is 25. The van der Waals surface area contributed by atoms with Crippen molar-refractivity contribution in [2.75, 3.05) is 11.5 Å². The minimum Gasteiger partial charge on any atom is -0.368 e. The molecule has 0 saturated carbocycles. The molecule has 0 saturated heterocycles. The predicted molar refractivity (Wildman–Crippen MR) is 245 cm³/mol. The number of hydrazone groups is 1. The molecule has 9 heterocycles. The zero-order chi connectivity index (χ0) is 48.0. The first kappa shape index (κ1) is 42.8. The molecule has 0 unspecified atom stereocenters. The molecule has 28 heteroatoms. The number of fused-ring (bicyclic) bond motifs is 2. The van der Waals surface area contributed by atoms with E-state index in [2.05, 4.69) is 98.3 Å². The number of hydrogen-bond donors (Lipinski definition) is 3. The Hall–Kier alpha value is -11.2. The van der Waals surface area contributed by atoms with Gasteiger partial charge >= 0.3 is 0 Å². The van der Waals surface area contributed by atoms with Crippen LogP contribution in [0.2, 0.25) is 0 Å². The van der Waals surface area contributed by atoms with Gasteiger partial charge in [-0.3, -0.25) is 0 Å². The number of nitrogen functional groups attached to an aromatic ring is 2. The first-order chi connectivity index (χ1) is 34.4. The van der Waals surface area contributed by atoms with Gasteiger partial charge < -0.3 is 17.3 Å². The first-order valence-electron chi connectivity index (χ1n) is 20.4. The highest BCUT2D eigenvalue weighted by atomic mass is 15.6. The minimum atomic E-state index is 0.0177. The molecule has 0 fully saturated rings. The molecular formula is C42H30N28. The number of nitrogens with two attached hydrogens (primary N) is 3. The summed E-state index contributed by atoms with van der Waals surface area (Å²) in [4.78, 5) is 35.3. The average Bonchev–Trinajstić information content (AvgIpc) is 4.28. The van der Waals surface area contributed by atoms with Crippen LogP contribution in [0.25, 0.3) is 62.3 Å². The van der Waals surface area contributed by atoms with Gasteiger partial charge in [-0.2, -0.15) is 34.9 Å². The van der Waals surface area contributed by atoms with Crippen molar-refractivity contribution in [3.63, 3.8) is 0 Å². The van der Waals surface area contributed by atoms with Gasteiger partial charge in [0.15, 0.2) is 22.9 Å². The standard InChI is InChI=1S/C21H14N14.C21H16N14/c22-10-13-3-1-4-14(9-13)18-17(15-5-7-24-12-25-15)19-27-16(30-35(19)20(23)28-18)11-34-21(29-31-32-34)33-8-2-6-26-33;22-10-13-3-1-4-14(9-13)18-17(15-5-7-25-12-26-15)19-29-16(33-35(19)20(23)30-18)11-27-32-21(31-24)34-8-2-6-28-34/h1-9,12H,11H2,(H2,23,28);1-9,12H,11,24H2,(H2,23,30). The van der Waals surface area contributed by atoms with Crippen LogP contribution in [0.5, 0.6) is 0 Å². The fourth-order valence-corrected chi connectivity index (χ4v) is 7.04. The van der Waals surface area contributed by atoms with E-state index in [1.165, 1.54) is 35.7 Å². The maximum atomic E-state index is 9.37. The van der Waals surface area contributed by atoms with Gasteiger partial charge in [-0.05, 0) is 59.0 Å². The maximum Gasteiger partial charge on any atom is 0.285 e. The predicted octanol–water partition coefficient (Wildman–Crippen LogP) is 2.55. The number of tetrazole rings is 1. The van der Waals surface area contributed by atoms with Gasteiger partial charge in [0, 0.05) is 48.3 Å². The lowest BCUT2D eigenvalue weighted by Gasteiger charge is -2.11. The number of anilines is 2. The smallest absolute Gasteiger partial charge is 0.285 e. The highest BCUT2D eigenvalue weighted by Gasteiger charge is 2.23. The topological polar surface area (TPSA) is 380 Å². The van der Waals surface area contributed by atoms with Crippen LogP contribution in [0.4, 0.5) is 11.9 Å². The van der Waals surface area contributed by atoms with Crippen LogP contribution in [0, 0.1) is 22.7 Å². The van der Waals surface area contributed by atoms with Crippen molar-refractivity contribution < 1.29 is 0 Å². The molecule has 0 aliphatic heterocycles. The van der Waals surface area contributed by atoms with Crippen LogP contribution in [0.15, 0.2) is 138 Å². The Morgan fingerprint density at radius 3 is 1.81 bits per heavy atom. The quantitative estimate of drug-likeness (QED) is 0.0615. The maximum absolute atomic E-state index is 9.37. The molecule has 0 atom stereocenters. The van der Waals surface area contributed by atoms with Gasteiger partial charge in [0.25, 0.3) is 11.9 Å². The Morgan fingerprint density at radius 2 is 1.27 bits per heavy atom. The van der Waals surface area contributed by atoms with E-state index < -0.39 is 0 Å². The van der Waals surface area contributed by atoms with Gasteiger partial charge in [-0.1, -0.05) is 29.4 Å². The van der Waals surface area contributed by atoms with Gasteiger partial charge in [0.2, 0.25) is 11.9 Å². The normalized spacial score (nSPS) is 11.4. The van der Waals surface area contributed by atoms with E-state index in [4.69, 9.17) is 22.3 Å². The van der Waals surface area contributed by atoms with E-state index in [0.29, 0.717) is 85.0 Å². The van der Waals surface area contributed by atoms with Crippen LogP contribution in [0.3, 0.4) is 0 Å². The summed E-state index contributed by atoms with van der Waals surface area (Å²) in [7, 11) is 0. The summed E-state index contributed by atoms with van der Waals surface area (Å²) in [6.07, 6.45) is 12.7. The zero-order valence-corrected chi connectivity index (χ0v) is 35.9. The summed E-state index contributed by atoms with van der Waals surface area (Å²) in [5, 5.41) is 59.3. The summed E-state index contributed by atoms with van der Waals surface area (Å²) in [5.74, 6) is 6.85. The SMILES string of the molecule is N#Cc1cccc(-c2nc(N)n3nc(CN=NC(=NN)n4cccn4)nc3c2-c2ccncn2)c1.N#Cc1cccc(-c2nc(N)n3nc(Cn4nnnc4-n4cccn4)nc3c2-c2ccncn2)c1. The van der Waals surface area contributed by atoms with Gasteiger partial charge in [0.05, 0.1) is 57.2 Å². The minimum absolute atomic E-state index is 0.0177. The molecular weight excluding hydrogens is 897 g/mol. The van der Waals surface area contributed by atoms with Gasteiger partial charge in [0.1, 0.15) is 25.7 Å². The monoisotopic (exact) mass is 926 g/mol. The van der Waals surface area contributed by atoms with Crippen LogP contribution in [-0.4, -0.2) is 105 Å². The molecule has 11 rings (SSSR count). The molecule has 9 aromatic heterocycles. The number of rotatable bonds is 9. The largest absolute Gasteiger partial charge is 0.368 e. The van der Waals surface area contributed by atoms with Crippen molar-refractivity contribution in [2.24, 2.45) is 21.2 Å². The number of azo groups is 1. The van der Waals surface area contributed by atoms with Crippen molar-refractivity contribution >= 4 is 29.2 Å². The van der Waals surface area contributed by atoms with Crippen LogP contribution >= 0.6 is 0 Å². The van der Waals surface area contributed by atoms with E-state index in [1.54, 1.807) is 97.8 Å². The second-order valence-corrected chi connectivity index (χ2v) is 14.4. The van der Waals surface area contributed by atoms with Gasteiger partial charge in [-0.25, -0.2) is 53.9 Å². The van der Waals surface area contributed by atoms with Crippen molar-refractivity contribution in [3.05, 3.63) is 145 Å². The number of benzene rings is 2. The van der Waals surface area contributed by atoms with Crippen LogP contribution in [-0.2, 0) is 13.1 Å². The van der Waals surface area contributed by atoms with Crippen LogP contribution in [0.1, 0.15) is 22.8 Å². The Balaban J connectivity index is 0.000000162. The molecule has 0 radical (unpaired) electrons. The van der Waals surface area contributed by atoms with Crippen molar-refractivity contribution in [1.82, 2.24) is 98.9 Å². The summed E-state index contributed by atoms with van der Waals surface area (Å²) in [6, 6.07) is 25.3. The van der Waals surface area contributed by atoms with Crippen molar-refractivity contribution in [2.45, 2.75) is 13.1 Å². The van der Waals surface area contributed by atoms with E-state index in [1.807, 2.05) is 12.1 Å². The third-order valence-corrected chi connectivity index (χ3v) is 10.0. The van der Waals surface area contributed by atoms with Crippen LogP contribution < -0.4 is 17.3 Å². The molecule has 11 aromatic rings. The summed E-state index contributed by atoms with van der Waals surface area (Å²) in [6.45, 7) is 0.176. The van der Waals surface area contributed by atoms with E-state index >= 15 is 0 Å². The highest BCUT2D eigenvalue weighted by molar-refractivity contribution is 5.90. The summed E-state index contributed by atoms with van der Waals surface area (Å²) >= 11 is 0. The molecule has 0 aliphatic rings. The molecule has 338 valence electrons. The second kappa shape index (κ2) is 18.7. The summed E-state index contributed by atoms with van der Waals surface area (Å²) in [5.41, 5.74) is 19.1. The third kappa shape index (κ3) is 8.45. The average molecular weight is 927 g/mol. The molecule has 0 bridgehead atoms. The molecule has 70 heavy (non-hydrogen) atoms. The lowest BCUT2D eigenvalue weighted by Crippen LogP contribution is -2.11. The van der Waals surface area contributed by atoms with E-state index in [9.17, 15) is 10.5 Å². The molecule has 0 amide bonds. The number of nitriles is 2. The lowest BCUT2D eigenvalue weighted by atomic mass is 10.0. The lowest BCUT2D eigenvalue weighted by molar-refractivity contribution is 0.598. The van der Waals surface area contributed by atoms with E-state index in [-0.39, 0.29) is 30.9 Å². The molecule has 28 nitrogen and oxygen atoms in total. The fourth-order valence-electron chi connectivity index (χ4n) is 7.04. The zero-order valence-electron chi connectivity index (χ0n) is 35.9. The Morgan fingerprint density at radius 1 is 0.671 bits per heavy atom. The Labute approximate surface area is 391 Å². The Kier molecular flexibility index (Phi) is 11.5. The summed E-state index contributed by atoms with van der Waals surface area (Å²) < 4.78 is 7.29.